The number of carboxylic acids is 1. The largest absolute Gasteiger partial charge is 0.477 e. The molecule has 2 rings (SSSR count). The molecule has 0 spiro atoms. The van der Waals surface area contributed by atoms with E-state index in [1.165, 1.54) is 19.3 Å². The number of hydrogen-bond donors (Lipinski definition) is 3. The quantitative estimate of drug-likeness (QED) is 0.419. The average Bonchev–Trinajstić information content (AvgIpc) is 2.52. The summed E-state index contributed by atoms with van der Waals surface area (Å²) in [6, 6.07) is 0.00338. The highest BCUT2D eigenvalue weighted by molar-refractivity contribution is 7.85. The molecule has 1 atom stereocenters. The summed E-state index contributed by atoms with van der Waals surface area (Å²) in [5.74, 6) is -0.766. The normalized spacial score (nSPS) is 24.2. The first-order valence-electron chi connectivity index (χ1n) is 8.26. The Kier molecular flexibility index (Phi) is 6.30. The molecular formula is C17H26N2O3S. The molecule has 0 aromatic heterocycles. The Morgan fingerprint density at radius 3 is 2.52 bits per heavy atom. The van der Waals surface area contributed by atoms with Crippen LogP contribution in [0.1, 0.15) is 46.0 Å². The summed E-state index contributed by atoms with van der Waals surface area (Å²) >= 11 is 4.17. The predicted octanol–water partition coefficient (Wildman–Crippen LogP) is 2.56. The van der Waals surface area contributed by atoms with Gasteiger partial charge < -0.3 is 15.3 Å². The fourth-order valence-electron chi connectivity index (χ4n) is 3.53. The molecule has 0 aromatic rings. The van der Waals surface area contributed by atoms with Crippen LogP contribution in [-0.2, 0) is 9.59 Å². The fraction of sp³-hybridized carbons (Fsp3) is 0.647. The van der Waals surface area contributed by atoms with Crippen LogP contribution in [-0.4, -0.2) is 41.0 Å². The molecule has 6 heteroatoms. The van der Waals surface area contributed by atoms with Crippen molar-refractivity contribution in [3.63, 3.8) is 0 Å². The zero-order valence-electron chi connectivity index (χ0n) is 13.8. The lowest BCUT2D eigenvalue weighted by Crippen LogP contribution is -2.57. The van der Waals surface area contributed by atoms with Gasteiger partial charge in [0, 0.05) is 6.54 Å². The van der Waals surface area contributed by atoms with Crippen LogP contribution in [0.2, 0.25) is 0 Å². The van der Waals surface area contributed by atoms with Crippen molar-refractivity contribution in [1.82, 2.24) is 10.2 Å². The van der Waals surface area contributed by atoms with Gasteiger partial charge >= 0.3 is 5.97 Å². The van der Waals surface area contributed by atoms with Gasteiger partial charge in [0.15, 0.2) is 0 Å². The van der Waals surface area contributed by atoms with Crippen LogP contribution in [0.4, 0.5) is 0 Å². The zero-order valence-corrected chi connectivity index (χ0v) is 14.7. The molecule has 0 bridgehead atoms. The van der Waals surface area contributed by atoms with Gasteiger partial charge in [0.2, 0.25) is 5.91 Å². The van der Waals surface area contributed by atoms with Crippen LogP contribution in [0.15, 0.2) is 22.3 Å². The lowest BCUT2D eigenvalue weighted by Gasteiger charge is -2.42. The number of nitrogens with zero attached hydrogens (tertiary/aromatic N) is 1. The summed E-state index contributed by atoms with van der Waals surface area (Å²) in [6.45, 7) is 4.73. The van der Waals surface area contributed by atoms with Crippen LogP contribution in [0.25, 0.3) is 0 Å². The molecule has 1 heterocycles. The third-order valence-corrected chi connectivity index (χ3v) is 4.97. The average molecular weight is 338 g/mol. The Labute approximate surface area is 143 Å². The van der Waals surface area contributed by atoms with Crippen molar-refractivity contribution in [3.05, 3.63) is 22.3 Å². The second-order valence-corrected chi connectivity index (χ2v) is 7.07. The third-order valence-electron chi connectivity index (χ3n) is 4.55. The van der Waals surface area contributed by atoms with Gasteiger partial charge in [0.05, 0.1) is 18.3 Å². The molecule has 2 fully saturated rings. The van der Waals surface area contributed by atoms with E-state index in [4.69, 9.17) is 0 Å². The third kappa shape index (κ3) is 4.38. The number of carboxylic acid groups (broad SMARTS) is 1. The predicted molar refractivity (Wildman–Crippen MR) is 93.2 cm³/mol. The highest BCUT2D eigenvalue weighted by Gasteiger charge is 2.37. The second-order valence-electron chi connectivity index (χ2n) is 6.62. The lowest BCUT2D eigenvalue weighted by molar-refractivity contribution is -0.134. The highest BCUT2D eigenvalue weighted by Crippen LogP contribution is 2.33. The number of thiol groups is 1. The summed E-state index contributed by atoms with van der Waals surface area (Å²) < 4.78 is 0. The van der Waals surface area contributed by atoms with Gasteiger partial charge in [-0.2, -0.15) is 0 Å². The smallest absolute Gasteiger partial charge is 0.344 e. The van der Waals surface area contributed by atoms with Gasteiger partial charge in [0.25, 0.3) is 0 Å². The number of nitrogens with one attached hydrogen (secondary N) is 1. The molecule has 0 aromatic carbocycles. The molecule has 1 unspecified atom stereocenters. The first-order valence-corrected chi connectivity index (χ1v) is 8.70. The number of allylic oxidation sites excluding steroid dienone is 2. The molecule has 5 nitrogen and oxygen atoms in total. The Morgan fingerprint density at radius 2 is 1.96 bits per heavy atom. The topological polar surface area (TPSA) is 69.6 Å². The van der Waals surface area contributed by atoms with Crippen molar-refractivity contribution in [2.45, 2.75) is 52.0 Å². The molecule has 128 valence electrons. The molecule has 1 saturated carbocycles. The minimum absolute atomic E-state index is 0.00338. The van der Waals surface area contributed by atoms with E-state index in [1.54, 1.807) is 11.0 Å². The highest BCUT2D eigenvalue weighted by atomic mass is 32.1. The number of carbonyl (C=O) groups is 2. The standard InChI is InChI=1S/C17H26N2O3S/c1-11(2)8-13(16(23)17(21)22)19-14(9-18-10-15(19)20)12-6-4-3-5-7-12/h8,12,14,18,23H,3-7,9-10H2,1-2H3,(H,21,22). The van der Waals surface area contributed by atoms with E-state index in [0.717, 1.165) is 18.4 Å². The molecule has 23 heavy (non-hydrogen) atoms. The molecule has 1 amide bonds. The molecule has 1 aliphatic carbocycles. The Bertz CT molecular complexity index is 532. The molecule has 2 N–H and O–H groups in total. The molecular weight excluding hydrogens is 312 g/mol. The Balaban J connectivity index is 2.42. The van der Waals surface area contributed by atoms with Crippen LogP contribution >= 0.6 is 12.6 Å². The first-order chi connectivity index (χ1) is 10.9. The van der Waals surface area contributed by atoms with E-state index < -0.39 is 5.97 Å². The van der Waals surface area contributed by atoms with Gasteiger partial charge in [-0.05, 0) is 38.7 Å². The SMILES string of the molecule is CC(C)=CC(=C(S)C(=O)O)N1C(=O)CNCC1C1CCCCC1. The number of hydrogen-bond acceptors (Lipinski definition) is 4. The second kappa shape index (κ2) is 8.02. The lowest BCUT2D eigenvalue weighted by atomic mass is 9.82. The summed E-state index contributed by atoms with van der Waals surface area (Å²) in [5, 5.41) is 12.5. The molecule has 0 radical (unpaired) electrons. The van der Waals surface area contributed by atoms with E-state index in [2.05, 4.69) is 17.9 Å². The zero-order chi connectivity index (χ0) is 17.0. The van der Waals surface area contributed by atoms with Crippen molar-refractivity contribution in [2.24, 2.45) is 5.92 Å². The van der Waals surface area contributed by atoms with Crippen LogP contribution < -0.4 is 5.32 Å². The van der Waals surface area contributed by atoms with Crippen LogP contribution in [0, 0.1) is 5.92 Å². The van der Waals surface area contributed by atoms with E-state index >= 15 is 0 Å². The van der Waals surface area contributed by atoms with Crippen molar-refractivity contribution in [1.29, 1.82) is 0 Å². The van der Waals surface area contributed by atoms with Gasteiger partial charge in [-0.15, -0.1) is 12.6 Å². The molecule has 2 aliphatic rings. The van der Waals surface area contributed by atoms with E-state index in [0.29, 0.717) is 18.2 Å². The summed E-state index contributed by atoms with van der Waals surface area (Å²) in [6.07, 6.45) is 7.54. The molecule has 1 saturated heterocycles. The van der Waals surface area contributed by atoms with Gasteiger partial charge in [-0.1, -0.05) is 24.8 Å². The van der Waals surface area contributed by atoms with Crippen molar-refractivity contribution >= 4 is 24.5 Å². The van der Waals surface area contributed by atoms with Crippen LogP contribution in [0.3, 0.4) is 0 Å². The van der Waals surface area contributed by atoms with Gasteiger partial charge in [-0.25, -0.2) is 4.79 Å². The maximum Gasteiger partial charge on any atom is 0.344 e. The number of piperazine rings is 1. The maximum atomic E-state index is 12.6. The monoisotopic (exact) mass is 338 g/mol. The Hall–Kier alpha value is -1.27. The number of amides is 1. The van der Waals surface area contributed by atoms with E-state index in [9.17, 15) is 14.7 Å². The summed E-state index contributed by atoms with van der Waals surface area (Å²) in [7, 11) is 0. The Morgan fingerprint density at radius 1 is 1.30 bits per heavy atom. The van der Waals surface area contributed by atoms with E-state index in [1.807, 2.05) is 13.8 Å². The van der Waals surface area contributed by atoms with Gasteiger partial charge in [0.1, 0.15) is 4.91 Å². The number of rotatable bonds is 4. The maximum absolute atomic E-state index is 12.6. The van der Waals surface area contributed by atoms with Crippen molar-refractivity contribution < 1.29 is 14.7 Å². The van der Waals surface area contributed by atoms with Gasteiger partial charge in [-0.3, -0.25) is 4.79 Å². The van der Waals surface area contributed by atoms with E-state index in [-0.39, 0.29) is 23.4 Å². The van der Waals surface area contributed by atoms with Crippen molar-refractivity contribution in [3.8, 4) is 0 Å². The number of carbonyl (C=O) groups excluding carboxylic acids is 1. The number of aliphatic carboxylic acids is 1. The fourth-order valence-corrected chi connectivity index (χ4v) is 3.71. The van der Waals surface area contributed by atoms with Crippen LogP contribution in [0.5, 0.6) is 0 Å². The summed E-state index contributed by atoms with van der Waals surface area (Å²) in [5.41, 5.74) is 1.37. The minimum Gasteiger partial charge on any atom is -0.477 e. The van der Waals surface area contributed by atoms with Crippen molar-refractivity contribution in [2.75, 3.05) is 13.1 Å². The first kappa shape index (κ1) is 18.1. The molecule has 1 aliphatic heterocycles. The minimum atomic E-state index is -1.10. The summed E-state index contributed by atoms with van der Waals surface area (Å²) in [4.78, 5) is 25.6.